The minimum absolute atomic E-state index is 0.189. The molecular weight excluding hydrogens is 270 g/mol. The third-order valence-corrected chi connectivity index (χ3v) is 3.36. The molecule has 0 aliphatic carbocycles. The number of hydrogen-bond acceptors (Lipinski definition) is 4. The number of carbonyl (C=O) groups excluding carboxylic acids is 3. The number of amides is 2. The van der Waals surface area contributed by atoms with E-state index in [9.17, 15) is 14.4 Å². The summed E-state index contributed by atoms with van der Waals surface area (Å²) < 4.78 is 4.93. The number of fused-ring (bicyclic) bond motifs is 1. The summed E-state index contributed by atoms with van der Waals surface area (Å²) in [6.07, 6.45) is 2.46. The third-order valence-electron chi connectivity index (χ3n) is 3.36. The predicted molar refractivity (Wildman–Crippen MR) is 76.8 cm³/mol. The maximum absolute atomic E-state index is 12.2. The van der Waals surface area contributed by atoms with Gasteiger partial charge in [-0.25, -0.2) is 0 Å². The molecule has 1 aliphatic heterocycles. The second-order valence-electron chi connectivity index (χ2n) is 4.76. The van der Waals surface area contributed by atoms with E-state index in [0.29, 0.717) is 17.5 Å². The Bertz CT molecular complexity index is 583. The molecule has 0 unspecified atom stereocenters. The standard InChI is InChI=1S/C16H17NO4/c1-3-12(10-21-11(2)18)8-9-17-15(19)13-6-4-5-7-14(13)16(17)20/h4-8H,3,9-10H2,1-2H3/b12-8+. The molecule has 2 rings (SSSR count). The minimum Gasteiger partial charge on any atom is -0.461 e. The smallest absolute Gasteiger partial charge is 0.302 e. The highest BCUT2D eigenvalue weighted by atomic mass is 16.5. The Labute approximate surface area is 123 Å². The molecule has 21 heavy (non-hydrogen) atoms. The van der Waals surface area contributed by atoms with Crippen LogP contribution in [0.4, 0.5) is 0 Å². The summed E-state index contributed by atoms with van der Waals surface area (Å²) >= 11 is 0. The molecule has 1 aromatic rings. The lowest BCUT2D eigenvalue weighted by Gasteiger charge is -2.12. The average Bonchev–Trinajstić information content (AvgIpc) is 2.72. The summed E-state index contributed by atoms with van der Waals surface area (Å²) in [6, 6.07) is 6.78. The Morgan fingerprint density at radius 1 is 1.19 bits per heavy atom. The maximum Gasteiger partial charge on any atom is 0.302 e. The summed E-state index contributed by atoms with van der Waals surface area (Å²) in [5, 5.41) is 0. The van der Waals surface area contributed by atoms with Gasteiger partial charge in [0.05, 0.1) is 11.1 Å². The van der Waals surface area contributed by atoms with Crippen molar-refractivity contribution in [3.63, 3.8) is 0 Å². The van der Waals surface area contributed by atoms with Crippen LogP contribution in [0.2, 0.25) is 0 Å². The molecule has 0 aromatic heterocycles. The highest BCUT2D eigenvalue weighted by molar-refractivity contribution is 6.21. The summed E-state index contributed by atoms with van der Waals surface area (Å²) in [5.41, 5.74) is 1.75. The maximum atomic E-state index is 12.2. The van der Waals surface area contributed by atoms with Crippen molar-refractivity contribution >= 4 is 17.8 Å². The van der Waals surface area contributed by atoms with E-state index in [1.165, 1.54) is 11.8 Å². The highest BCUT2D eigenvalue weighted by Crippen LogP contribution is 2.22. The van der Waals surface area contributed by atoms with Crippen LogP contribution in [0.3, 0.4) is 0 Å². The zero-order chi connectivity index (χ0) is 15.4. The van der Waals surface area contributed by atoms with Crippen LogP contribution < -0.4 is 0 Å². The normalized spacial score (nSPS) is 14.4. The first-order chi connectivity index (χ1) is 10.0. The Kier molecular flexibility index (Phi) is 4.52. The first kappa shape index (κ1) is 15.0. The SMILES string of the molecule is CC/C(=C\CN1C(=O)c2ccccc2C1=O)COC(C)=O. The first-order valence-electron chi connectivity index (χ1n) is 6.81. The van der Waals surface area contributed by atoms with Crippen LogP contribution in [0.1, 0.15) is 41.0 Å². The van der Waals surface area contributed by atoms with Crippen LogP contribution >= 0.6 is 0 Å². The number of imide groups is 1. The number of hydrogen-bond donors (Lipinski definition) is 0. The van der Waals surface area contributed by atoms with Gasteiger partial charge in [0.1, 0.15) is 6.61 Å². The molecule has 0 radical (unpaired) electrons. The summed E-state index contributed by atoms with van der Waals surface area (Å²) in [5.74, 6) is -0.917. The molecule has 0 atom stereocenters. The molecule has 1 aromatic carbocycles. The van der Waals surface area contributed by atoms with E-state index in [1.807, 2.05) is 6.92 Å². The van der Waals surface area contributed by atoms with Crippen LogP contribution in [0, 0.1) is 0 Å². The van der Waals surface area contributed by atoms with Crippen molar-refractivity contribution in [2.75, 3.05) is 13.2 Å². The van der Waals surface area contributed by atoms with Gasteiger partial charge in [-0.05, 0) is 24.1 Å². The van der Waals surface area contributed by atoms with Gasteiger partial charge < -0.3 is 4.74 Å². The molecule has 0 fully saturated rings. The second kappa shape index (κ2) is 6.35. The number of rotatable bonds is 5. The van der Waals surface area contributed by atoms with Crippen molar-refractivity contribution in [3.8, 4) is 0 Å². The summed E-state index contributed by atoms with van der Waals surface area (Å²) in [4.78, 5) is 36.3. The monoisotopic (exact) mass is 287 g/mol. The van der Waals surface area contributed by atoms with E-state index in [0.717, 1.165) is 5.57 Å². The van der Waals surface area contributed by atoms with Gasteiger partial charge in [0.15, 0.2) is 0 Å². The van der Waals surface area contributed by atoms with Gasteiger partial charge >= 0.3 is 5.97 Å². The van der Waals surface area contributed by atoms with Crippen LogP contribution in [0.5, 0.6) is 0 Å². The van der Waals surface area contributed by atoms with Gasteiger partial charge in [-0.3, -0.25) is 19.3 Å². The van der Waals surface area contributed by atoms with Crippen LogP contribution in [0.25, 0.3) is 0 Å². The van der Waals surface area contributed by atoms with Crippen molar-refractivity contribution in [3.05, 3.63) is 47.0 Å². The number of benzene rings is 1. The lowest BCUT2D eigenvalue weighted by atomic mass is 10.1. The van der Waals surface area contributed by atoms with E-state index in [-0.39, 0.29) is 30.9 Å². The van der Waals surface area contributed by atoms with Crippen molar-refractivity contribution in [2.45, 2.75) is 20.3 Å². The average molecular weight is 287 g/mol. The Balaban J connectivity index is 2.09. The molecule has 0 bridgehead atoms. The number of nitrogens with zero attached hydrogens (tertiary/aromatic N) is 1. The van der Waals surface area contributed by atoms with Gasteiger partial charge in [-0.1, -0.05) is 25.1 Å². The van der Waals surface area contributed by atoms with E-state index < -0.39 is 0 Å². The molecular formula is C16H17NO4. The molecule has 1 aliphatic rings. The van der Waals surface area contributed by atoms with E-state index in [2.05, 4.69) is 0 Å². The Morgan fingerprint density at radius 3 is 2.24 bits per heavy atom. The van der Waals surface area contributed by atoms with Crippen molar-refractivity contribution in [2.24, 2.45) is 0 Å². The zero-order valence-corrected chi connectivity index (χ0v) is 12.1. The fourth-order valence-corrected chi connectivity index (χ4v) is 2.12. The largest absolute Gasteiger partial charge is 0.461 e. The molecule has 0 saturated carbocycles. The number of carbonyl (C=O) groups is 3. The van der Waals surface area contributed by atoms with Gasteiger partial charge in [0.2, 0.25) is 0 Å². The van der Waals surface area contributed by atoms with E-state index in [1.54, 1.807) is 30.3 Å². The molecule has 0 saturated heterocycles. The van der Waals surface area contributed by atoms with Crippen molar-refractivity contribution in [1.82, 2.24) is 4.90 Å². The Morgan fingerprint density at radius 2 is 1.76 bits per heavy atom. The lowest BCUT2D eigenvalue weighted by Crippen LogP contribution is -2.30. The zero-order valence-electron chi connectivity index (χ0n) is 12.1. The molecule has 5 heteroatoms. The summed E-state index contributed by atoms with van der Waals surface area (Å²) in [7, 11) is 0. The topological polar surface area (TPSA) is 63.7 Å². The number of esters is 1. The van der Waals surface area contributed by atoms with Crippen LogP contribution in [-0.4, -0.2) is 35.8 Å². The molecule has 5 nitrogen and oxygen atoms in total. The van der Waals surface area contributed by atoms with Crippen LogP contribution in [-0.2, 0) is 9.53 Å². The predicted octanol–water partition coefficient (Wildman–Crippen LogP) is 2.18. The Hall–Kier alpha value is -2.43. The van der Waals surface area contributed by atoms with Crippen molar-refractivity contribution in [1.29, 1.82) is 0 Å². The first-order valence-corrected chi connectivity index (χ1v) is 6.81. The summed E-state index contributed by atoms with van der Waals surface area (Å²) in [6.45, 7) is 3.65. The van der Waals surface area contributed by atoms with Crippen LogP contribution in [0.15, 0.2) is 35.9 Å². The third kappa shape index (κ3) is 3.18. The molecule has 1 heterocycles. The van der Waals surface area contributed by atoms with Gasteiger partial charge in [0.25, 0.3) is 11.8 Å². The minimum atomic E-state index is -0.352. The number of ether oxygens (including phenoxy) is 1. The van der Waals surface area contributed by atoms with Gasteiger partial charge in [-0.15, -0.1) is 0 Å². The molecule has 2 amide bonds. The van der Waals surface area contributed by atoms with Gasteiger partial charge in [0, 0.05) is 13.5 Å². The van der Waals surface area contributed by atoms with Crippen molar-refractivity contribution < 1.29 is 19.1 Å². The van der Waals surface area contributed by atoms with E-state index in [4.69, 9.17) is 4.74 Å². The highest BCUT2D eigenvalue weighted by Gasteiger charge is 2.34. The van der Waals surface area contributed by atoms with Gasteiger partial charge in [-0.2, -0.15) is 0 Å². The quantitative estimate of drug-likeness (QED) is 0.473. The van der Waals surface area contributed by atoms with E-state index >= 15 is 0 Å². The fourth-order valence-electron chi connectivity index (χ4n) is 2.12. The lowest BCUT2D eigenvalue weighted by molar-refractivity contribution is -0.140. The fraction of sp³-hybridized carbons (Fsp3) is 0.312. The molecule has 110 valence electrons. The second-order valence-corrected chi connectivity index (χ2v) is 4.76. The molecule has 0 spiro atoms. The molecule has 0 N–H and O–H groups in total.